The summed E-state index contributed by atoms with van der Waals surface area (Å²) in [6.45, 7) is 0. The van der Waals surface area contributed by atoms with Crippen molar-refractivity contribution >= 4 is 7.85 Å². The number of rotatable bonds is 1. The minimum absolute atomic E-state index is 0.208. The highest BCUT2D eigenvalue weighted by atomic mass is 16.6. The van der Waals surface area contributed by atoms with Crippen molar-refractivity contribution in [1.29, 1.82) is 0 Å². The highest BCUT2D eigenvalue weighted by molar-refractivity contribution is 6.23. The first kappa shape index (κ1) is 7.06. The lowest BCUT2D eigenvalue weighted by Gasteiger charge is -2.02. The van der Waals surface area contributed by atoms with Crippen molar-refractivity contribution in [2.45, 2.75) is 12.8 Å². The summed E-state index contributed by atoms with van der Waals surface area (Å²) in [6.07, 6.45) is 4.36. The van der Waals surface area contributed by atoms with Gasteiger partial charge in [-0.1, -0.05) is 11.5 Å². The van der Waals surface area contributed by atoms with Gasteiger partial charge >= 0.3 is 0 Å². The largest absolute Gasteiger partial charge is 0.259 e. The molecule has 0 bridgehead atoms. The molecule has 10 heavy (non-hydrogen) atoms. The maximum Gasteiger partial charge on any atom is 0.245 e. The van der Waals surface area contributed by atoms with E-state index in [0.29, 0.717) is 18.3 Å². The van der Waals surface area contributed by atoms with Gasteiger partial charge in [0, 0.05) is 12.5 Å². The molecule has 0 saturated heterocycles. The molecule has 1 aliphatic rings. The Morgan fingerprint density at radius 2 is 2.40 bits per heavy atom. The number of hydrogen-bond donors (Lipinski definition) is 0. The minimum atomic E-state index is -0.389. The minimum Gasteiger partial charge on any atom is -0.259 e. The molecule has 4 heteroatoms. The van der Waals surface area contributed by atoms with Crippen LogP contribution >= 0.6 is 0 Å². The molecule has 0 fully saturated rings. The van der Waals surface area contributed by atoms with Crippen LogP contribution < -0.4 is 0 Å². The van der Waals surface area contributed by atoms with Crippen LogP contribution in [0.25, 0.3) is 0 Å². The molecule has 3 nitrogen and oxygen atoms in total. The van der Waals surface area contributed by atoms with E-state index in [1.165, 1.54) is 6.08 Å². The Kier molecular flexibility index (Phi) is 1.90. The van der Waals surface area contributed by atoms with Gasteiger partial charge in [0.1, 0.15) is 7.85 Å². The van der Waals surface area contributed by atoms with Gasteiger partial charge in [0.05, 0.1) is 4.92 Å². The lowest BCUT2D eigenvalue weighted by atomic mass is 9.89. The zero-order valence-corrected chi connectivity index (χ0v) is 5.41. The second-order valence-corrected chi connectivity index (χ2v) is 2.14. The molecule has 0 atom stereocenters. The number of hydrogen-bond acceptors (Lipinski definition) is 2. The molecular weight excluding hydrogens is 129 g/mol. The van der Waals surface area contributed by atoms with Crippen molar-refractivity contribution in [2.24, 2.45) is 0 Å². The quantitative estimate of drug-likeness (QED) is 0.305. The third-order valence-electron chi connectivity index (χ3n) is 1.35. The van der Waals surface area contributed by atoms with Crippen LogP contribution in [0, 0.1) is 10.1 Å². The average molecular weight is 135 g/mol. The van der Waals surface area contributed by atoms with Crippen molar-refractivity contribution in [3.05, 3.63) is 33.4 Å². The van der Waals surface area contributed by atoms with Gasteiger partial charge in [-0.25, -0.2) is 0 Å². The fourth-order valence-corrected chi connectivity index (χ4v) is 0.854. The predicted molar refractivity (Wildman–Crippen MR) is 38.1 cm³/mol. The zero-order valence-electron chi connectivity index (χ0n) is 5.41. The molecule has 0 N–H and O–H groups in total. The molecule has 0 aromatic rings. The van der Waals surface area contributed by atoms with E-state index in [2.05, 4.69) is 0 Å². The van der Waals surface area contributed by atoms with Crippen molar-refractivity contribution in [2.75, 3.05) is 0 Å². The fourth-order valence-electron chi connectivity index (χ4n) is 0.854. The molecule has 0 heterocycles. The molecular formula is C6H6BNO2. The molecule has 1 rings (SSSR count). The third kappa shape index (κ3) is 1.46. The Labute approximate surface area is 60.0 Å². The molecule has 1 aliphatic carbocycles. The summed E-state index contributed by atoms with van der Waals surface area (Å²) in [4.78, 5) is 9.77. The van der Waals surface area contributed by atoms with E-state index in [9.17, 15) is 10.1 Å². The van der Waals surface area contributed by atoms with Gasteiger partial charge in [0.25, 0.3) is 0 Å². The Morgan fingerprint density at radius 3 is 2.80 bits per heavy atom. The van der Waals surface area contributed by atoms with Crippen LogP contribution in [-0.4, -0.2) is 12.8 Å². The molecule has 0 aliphatic heterocycles. The predicted octanol–water partition coefficient (Wildman–Crippen LogP) is 0.993. The molecule has 2 radical (unpaired) electrons. The summed E-state index contributed by atoms with van der Waals surface area (Å²) in [5.74, 6) is 0. The van der Waals surface area contributed by atoms with Crippen molar-refractivity contribution in [1.82, 2.24) is 0 Å². The molecule has 50 valence electrons. The van der Waals surface area contributed by atoms with Crippen molar-refractivity contribution in [3.8, 4) is 0 Å². The van der Waals surface area contributed by atoms with E-state index in [-0.39, 0.29) is 10.6 Å². The summed E-state index contributed by atoms with van der Waals surface area (Å²) in [6, 6.07) is 0. The van der Waals surface area contributed by atoms with E-state index in [4.69, 9.17) is 7.85 Å². The van der Waals surface area contributed by atoms with Crippen LogP contribution in [0.4, 0.5) is 0 Å². The number of nitrogens with zero attached hydrogens (tertiary/aromatic N) is 1. The fraction of sp³-hybridized carbons (Fsp3) is 0.333. The van der Waals surface area contributed by atoms with Crippen LogP contribution in [-0.2, 0) is 0 Å². The normalized spacial score (nSPS) is 17.6. The van der Waals surface area contributed by atoms with Gasteiger partial charge in [-0.05, 0) is 6.42 Å². The lowest BCUT2D eigenvalue weighted by molar-refractivity contribution is -0.428. The zero-order chi connectivity index (χ0) is 7.56. The molecule has 0 amide bonds. The molecule has 0 aromatic carbocycles. The Hall–Kier alpha value is -1.06. The summed E-state index contributed by atoms with van der Waals surface area (Å²) in [5.41, 5.74) is 0.706. The summed E-state index contributed by atoms with van der Waals surface area (Å²) < 4.78 is 0. The van der Waals surface area contributed by atoms with Gasteiger partial charge in [0.2, 0.25) is 5.70 Å². The average Bonchev–Trinajstić information content (AvgIpc) is 1.88. The number of allylic oxidation sites excluding steroid dienone is 4. The highest BCUT2D eigenvalue weighted by Crippen LogP contribution is 2.14. The van der Waals surface area contributed by atoms with E-state index in [1.54, 1.807) is 6.08 Å². The Balaban J connectivity index is 2.78. The third-order valence-corrected chi connectivity index (χ3v) is 1.35. The van der Waals surface area contributed by atoms with Crippen molar-refractivity contribution < 1.29 is 4.92 Å². The van der Waals surface area contributed by atoms with E-state index in [1.807, 2.05) is 0 Å². The first-order chi connectivity index (χ1) is 4.70. The van der Waals surface area contributed by atoms with Crippen LogP contribution in [0.15, 0.2) is 23.3 Å². The second-order valence-electron chi connectivity index (χ2n) is 2.14. The lowest BCUT2D eigenvalue weighted by Crippen LogP contribution is -2.02. The van der Waals surface area contributed by atoms with Crippen molar-refractivity contribution in [3.63, 3.8) is 0 Å². The van der Waals surface area contributed by atoms with E-state index >= 15 is 0 Å². The van der Waals surface area contributed by atoms with Crippen LogP contribution in [0.3, 0.4) is 0 Å². The van der Waals surface area contributed by atoms with Crippen LogP contribution in [0.5, 0.6) is 0 Å². The molecule has 0 unspecified atom stereocenters. The second kappa shape index (κ2) is 2.69. The molecule has 0 aromatic heterocycles. The topological polar surface area (TPSA) is 43.1 Å². The first-order valence-corrected chi connectivity index (χ1v) is 3.01. The summed E-state index contributed by atoms with van der Waals surface area (Å²) >= 11 is 0. The number of nitro groups is 1. The van der Waals surface area contributed by atoms with Crippen LogP contribution in [0.2, 0.25) is 0 Å². The first-order valence-electron chi connectivity index (χ1n) is 3.01. The van der Waals surface area contributed by atoms with Gasteiger partial charge in [-0.15, -0.1) is 0 Å². The van der Waals surface area contributed by atoms with Gasteiger partial charge in [-0.2, -0.15) is 0 Å². The maximum atomic E-state index is 10.2. The standard InChI is InChI=1S/C6H6BNO2/c7-5-2-1-3-6(4-5)8(9)10/h2,4H,1,3H2. The SMILES string of the molecule is [B]C1=CCCC([N+](=O)[O-])=C1. The van der Waals surface area contributed by atoms with Gasteiger partial charge in [0.15, 0.2) is 0 Å². The molecule has 0 spiro atoms. The highest BCUT2D eigenvalue weighted by Gasteiger charge is 2.11. The smallest absolute Gasteiger partial charge is 0.245 e. The summed E-state index contributed by atoms with van der Waals surface area (Å²) in [7, 11) is 5.34. The Bertz CT molecular complexity index is 220. The van der Waals surface area contributed by atoms with Gasteiger partial charge in [-0.3, -0.25) is 10.1 Å². The monoisotopic (exact) mass is 135 g/mol. The maximum absolute atomic E-state index is 10.2. The van der Waals surface area contributed by atoms with E-state index < -0.39 is 0 Å². The Morgan fingerprint density at radius 1 is 1.70 bits per heavy atom. The summed E-state index contributed by atoms with van der Waals surface area (Å²) in [5, 5.41) is 10.2. The van der Waals surface area contributed by atoms with Crippen LogP contribution in [0.1, 0.15) is 12.8 Å². The van der Waals surface area contributed by atoms with E-state index in [0.717, 1.165) is 0 Å². The molecule has 0 saturated carbocycles. The van der Waals surface area contributed by atoms with Gasteiger partial charge < -0.3 is 0 Å².